The largest absolute Gasteiger partial charge is 0.481 e. The van der Waals surface area contributed by atoms with Crippen LogP contribution < -0.4 is 0 Å². The minimum absolute atomic E-state index is 0.285. The lowest BCUT2D eigenvalue weighted by Gasteiger charge is -1.92. The Morgan fingerprint density at radius 3 is 1.80 bits per heavy atom. The fourth-order valence-electron chi connectivity index (χ4n) is 1.64. The zero-order valence-electron chi connectivity index (χ0n) is 12.6. The van der Waals surface area contributed by atoms with Gasteiger partial charge in [-0.1, -0.05) is 55.5 Å². The average molecular weight is 276 g/mol. The van der Waals surface area contributed by atoms with Crippen molar-refractivity contribution in [2.24, 2.45) is 0 Å². The third kappa shape index (κ3) is 16.4. The van der Waals surface area contributed by atoms with Crippen LogP contribution >= 0.6 is 0 Å². The lowest BCUT2D eigenvalue weighted by atomic mass is 10.2. The van der Waals surface area contributed by atoms with Crippen LogP contribution in [0.1, 0.15) is 58.3 Å². The van der Waals surface area contributed by atoms with Gasteiger partial charge in [0, 0.05) is 6.42 Å². The summed E-state index contributed by atoms with van der Waals surface area (Å²) in [6, 6.07) is 0. The molecule has 0 aromatic rings. The molecule has 0 unspecified atom stereocenters. The van der Waals surface area contributed by atoms with E-state index < -0.39 is 5.97 Å². The van der Waals surface area contributed by atoms with Crippen LogP contribution in [-0.2, 0) is 4.79 Å². The summed E-state index contributed by atoms with van der Waals surface area (Å²) in [5.74, 6) is -0.699. The predicted molar refractivity (Wildman–Crippen MR) is 86.8 cm³/mol. The highest BCUT2D eigenvalue weighted by Gasteiger charge is 1.93. The van der Waals surface area contributed by atoms with Crippen LogP contribution in [-0.4, -0.2) is 11.1 Å². The van der Waals surface area contributed by atoms with Gasteiger partial charge in [-0.05, 0) is 44.9 Å². The van der Waals surface area contributed by atoms with Crippen LogP contribution in [0.2, 0.25) is 0 Å². The molecule has 0 saturated heterocycles. The van der Waals surface area contributed by atoms with E-state index in [1.54, 1.807) is 0 Å². The fourth-order valence-corrected chi connectivity index (χ4v) is 1.64. The number of hydrogen-bond donors (Lipinski definition) is 1. The Morgan fingerprint density at radius 2 is 1.30 bits per heavy atom. The Kier molecular flexibility index (Phi) is 14.3. The molecular formula is C18H28O2. The molecule has 0 atom stereocenters. The Morgan fingerprint density at radius 1 is 0.800 bits per heavy atom. The summed E-state index contributed by atoms with van der Waals surface area (Å²) in [5.41, 5.74) is 0. The van der Waals surface area contributed by atoms with Gasteiger partial charge in [0.15, 0.2) is 0 Å². The molecule has 0 aliphatic heterocycles. The van der Waals surface area contributed by atoms with Crippen LogP contribution in [0.15, 0.2) is 48.6 Å². The number of carboxylic acids is 1. The highest BCUT2D eigenvalue weighted by atomic mass is 16.4. The minimum atomic E-state index is -0.699. The van der Waals surface area contributed by atoms with Crippen molar-refractivity contribution in [3.63, 3.8) is 0 Å². The van der Waals surface area contributed by atoms with Gasteiger partial charge in [-0.3, -0.25) is 4.79 Å². The van der Waals surface area contributed by atoms with Gasteiger partial charge in [-0.15, -0.1) is 0 Å². The van der Waals surface area contributed by atoms with E-state index in [1.807, 2.05) is 0 Å². The number of carboxylic acid groups (broad SMARTS) is 1. The second kappa shape index (κ2) is 15.5. The Labute approximate surface area is 123 Å². The van der Waals surface area contributed by atoms with Crippen LogP contribution in [0.4, 0.5) is 0 Å². The smallest absolute Gasteiger partial charge is 0.303 e. The maximum Gasteiger partial charge on any atom is 0.303 e. The monoisotopic (exact) mass is 276 g/mol. The van der Waals surface area contributed by atoms with Gasteiger partial charge in [0.2, 0.25) is 0 Å². The van der Waals surface area contributed by atoms with E-state index in [4.69, 9.17) is 5.11 Å². The van der Waals surface area contributed by atoms with Crippen molar-refractivity contribution in [3.05, 3.63) is 48.6 Å². The topological polar surface area (TPSA) is 37.3 Å². The summed E-state index contributed by atoms with van der Waals surface area (Å²) in [7, 11) is 0. The van der Waals surface area contributed by atoms with E-state index >= 15 is 0 Å². The van der Waals surface area contributed by atoms with E-state index in [0.29, 0.717) is 0 Å². The molecule has 2 heteroatoms. The average Bonchev–Trinajstić information content (AvgIpc) is 2.43. The van der Waals surface area contributed by atoms with Gasteiger partial charge in [0.25, 0.3) is 0 Å². The second-order valence-corrected chi connectivity index (χ2v) is 4.64. The SMILES string of the molecule is CC/C=C/C/C=C/C/C=C/C/C=C/CCCCC(=O)O. The first-order valence-electron chi connectivity index (χ1n) is 7.59. The predicted octanol–water partition coefficient (Wildman–Crippen LogP) is 5.44. The van der Waals surface area contributed by atoms with E-state index in [1.165, 1.54) is 0 Å². The van der Waals surface area contributed by atoms with Crippen molar-refractivity contribution in [1.82, 2.24) is 0 Å². The van der Waals surface area contributed by atoms with Crippen LogP contribution in [0.3, 0.4) is 0 Å². The van der Waals surface area contributed by atoms with Gasteiger partial charge in [0.05, 0.1) is 0 Å². The first kappa shape index (κ1) is 18.4. The minimum Gasteiger partial charge on any atom is -0.481 e. The van der Waals surface area contributed by atoms with Gasteiger partial charge < -0.3 is 5.11 Å². The number of allylic oxidation sites excluding steroid dienone is 8. The molecule has 0 bridgehead atoms. The normalized spacial score (nSPS) is 12.4. The molecular weight excluding hydrogens is 248 g/mol. The second-order valence-electron chi connectivity index (χ2n) is 4.64. The zero-order chi connectivity index (χ0) is 14.9. The number of carbonyl (C=O) groups is 1. The van der Waals surface area contributed by atoms with Crippen LogP contribution in [0.5, 0.6) is 0 Å². The molecule has 0 aliphatic rings. The molecule has 0 amide bonds. The van der Waals surface area contributed by atoms with Gasteiger partial charge in [0.1, 0.15) is 0 Å². The summed E-state index contributed by atoms with van der Waals surface area (Å²) < 4.78 is 0. The summed E-state index contributed by atoms with van der Waals surface area (Å²) in [6.45, 7) is 2.14. The van der Waals surface area contributed by atoms with Gasteiger partial charge >= 0.3 is 5.97 Å². The van der Waals surface area contributed by atoms with Crippen molar-refractivity contribution in [2.75, 3.05) is 0 Å². The lowest BCUT2D eigenvalue weighted by Crippen LogP contribution is -1.92. The summed E-state index contributed by atoms with van der Waals surface area (Å²) in [5, 5.41) is 8.48. The quantitative estimate of drug-likeness (QED) is 0.381. The number of hydrogen-bond acceptors (Lipinski definition) is 1. The standard InChI is InChI=1S/C18H28O2/c1-2-3-4-5-6-7-8-9-10-11-12-13-14-15-16-17-18(19)20/h3-4,6-7,9-10,12-13H,2,5,8,11,14-17H2,1H3,(H,19,20)/b4-3+,7-6+,10-9+,13-12+. The molecule has 1 N–H and O–H groups in total. The molecule has 0 aromatic carbocycles. The molecule has 0 rings (SSSR count). The summed E-state index contributed by atoms with van der Waals surface area (Å²) in [6.07, 6.45) is 24.4. The summed E-state index contributed by atoms with van der Waals surface area (Å²) in [4.78, 5) is 10.3. The Balaban J connectivity index is 3.38. The van der Waals surface area contributed by atoms with E-state index in [-0.39, 0.29) is 6.42 Å². The number of rotatable bonds is 12. The first-order chi connectivity index (χ1) is 9.77. The third-order valence-corrected chi connectivity index (χ3v) is 2.73. The number of unbranched alkanes of at least 4 members (excludes halogenated alkanes) is 2. The molecule has 20 heavy (non-hydrogen) atoms. The van der Waals surface area contributed by atoms with Crippen molar-refractivity contribution in [1.29, 1.82) is 0 Å². The Hall–Kier alpha value is -1.57. The zero-order valence-corrected chi connectivity index (χ0v) is 12.6. The van der Waals surface area contributed by atoms with Crippen molar-refractivity contribution < 1.29 is 9.90 Å². The highest BCUT2D eigenvalue weighted by molar-refractivity contribution is 5.66. The maximum absolute atomic E-state index is 10.3. The number of aliphatic carboxylic acids is 1. The van der Waals surface area contributed by atoms with Crippen molar-refractivity contribution >= 4 is 5.97 Å². The maximum atomic E-state index is 10.3. The fraction of sp³-hybridized carbons (Fsp3) is 0.500. The van der Waals surface area contributed by atoms with Crippen LogP contribution in [0.25, 0.3) is 0 Å². The molecule has 0 spiro atoms. The Bertz CT molecular complexity index is 335. The molecule has 0 fully saturated rings. The molecule has 0 aromatic heterocycles. The van der Waals surface area contributed by atoms with Crippen LogP contribution in [0, 0.1) is 0 Å². The third-order valence-electron chi connectivity index (χ3n) is 2.73. The molecule has 0 saturated carbocycles. The lowest BCUT2D eigenvalue weighted by molar-refractivity contribution is -0.137. The van der Waals surface area contributed by atoms with E-state index in [9.17, 15) is 4.79 Å². The summed E-state index contributed by atoms with van der Waals surface area (Å²) >= 11 is 0. The molecule has 2 nitrogen and oxygen atoms in total. The van der Waals surface area contributed by atoms with Gasteiger partial charge in [-0.25, -0.2) is 0 Å². The van der Waals surface area contributed by atoms with E-state index in [2.05, 4.69) is 55.5 Å². The molecule has 112 valence electrons. The van der Waals surface area contributed by atoms with Crippen molar-refractivity contribution in [2.45, 2.75) is 58.3 Å². The highest BCUT2D eigenvalue weighted by Crippen LogP contribution is 2.01. The first-order valence-corrected chi connectivity index (χ1v) is 7.59. The van der Waals surface area contributed by atoms with Crippen molar-refractivity contribution in [3.8, 4) is 0 Å². The molecule has 0 radical (unpaired) electrons. The van der Waals surface area contributed by atoms with Gasteiger partial charge in [-0.2, -0.15) is 0 Å². The molecule has 0 heterocycles. The molecule has 0 aliphatic carbocycles. The van der Waals surface area contributed by atoms with E-state index in [0.717, 1.165) is 44.9 Å².